The number of nitrogens with one attached hydrogen (secondary N) is 1. The predicted octanol–water partition coefficient (Wildman–Crippen LogP) is 3.58. The van der Waals surface area contributed by atoms with Crippen molar-refractivity contribution in [3.63, 3.8) is 0 Å². The van der Waals surface area contributed by atoms with Gasteiger partial charge in [0.1, 0.15) is 0 Å². The molecule has 0 aliphatic rings. The van der Waals surface area contributed by atoms with Gasteiger partial charge in [0.2, 0.25) is 10.0 Å². The molecule has 2 aromatic rings. The van der Waals surface area contributed by atoms with Crippen LogP contribution in [-0.2, 0) is 16.4 Å². The molecule has 0 heterocycles. The minimum absolute atomic E-state index is 0.183. The topological polar surface area (TPSA) is 49.4 Å². The Balaban J connectivity index is 1.95. The molecule has 1 unspecified atom stereocenters. The predicted molar refractivity (Wildman–Crippen MR) is 106 cm³/mol. The zero-order valence-corrected chi connectivity index (χ0v) is 16.0. The minimum Gasteiger partial charge on any atom is -0.378 e. The quantitative estimate of drug-likeness (QED) is 0.823. The smallest absolute Gasteiger partial charge is 0.233 e. The van der Waals surface area contributed by atoms with E-state index in [1.165, 1.54) is 5.41 Å². The highest BCUT2D eigenvalue weighted by molar-refractivity contribution is 7.92. The monoisotopic (exact) mass is 358 g/mol. The molecule has 0 aliphatic carbocycles. The normalized spacial score (nSPS) is 13.1. The molecular formula is C20H26N2O2S. The molecule has 25 heavy (non-hydrogen) atoms. The number of sulfonamides is 1. The molecule has 0 fully saturated rings. The molecule has 5 heteroatoms. The van der Waals surface area contributed by atoms with E-state index < -0.39 is 10.0 Å². The largest absolute Gasteiger partial charge is 0.378 e. The molecule has 0 saturated carbocycles. The van der Waals surface area contributed by atoms with Crippen LogP contribution in [0.1, 0.15) is 23.6 Å². The van der Waals surface area contributed by atoms with Gasteiger partial charge < -0.3 is 4.90 Å². The lowest BCUT2D eigenvalue weighted by Crippen LogP contribution is -2.32. The summed E-state index contributed by atoms with van der Waals surface area (Å²) in [5.41, 5.74) is 4.23. The van der Waals surface area contributed by atoms with Crippen molar-refractivity contribution in [1.82, 2.24) is 4.72 Å². The Hall–Kier alpha value is -2.11. The number of nitrogens with zero attached hydrogens (tertiary/aromatic N) is 1. The van der Waals surface area contributed by atoms with Crippen molar-refractivity contribution in [1.29, 1.82) is 0 Å². The van der Waals surface area contributed by atoms with Crippen molar-refractivity contribution < 1.29 is 8.42 Å². The summed E-state index contributed by atoms with van der Waals surface area (Å²) in [7, 11) is 0.515. The van der Waals surface area contributed by atoms with E-state index in [1.54, 1.807) is 6.08 Å². The average molecular weight is 359 g/mol. The van der Waals surface area contributed by atoms with Crippen LogP contribution in [0.15, 0.2) is 53.9 Å². The van der Waals surface area contributed by atoms with E-state index in [1.807, 2.05) is 81.4 Å². The first-order chi connectivity index (χ1) is 11.7. The summed E-state index contributed by atoms with van der Waals surface area (Å²) in [6.07, 6.45) is 2.26. The van der Waals surface area contributed by atoms with Gasteiger partial charge in [-0.2, -0.15) is 0 Å². The lowest BCUT2D eigenvalue weighted by atomic mass is 10.1. The second-order valence-corrected chi connectivity index (χ2v) is 8.14. The lowest BCUT2D eigenvalue weighted by Gasteiger charge is -2.15. The summed E-state index contributed by atoms with van der Waals surface area (Å²) in [5, 5.41) is 1.23. The first-order valence-electron chi connectivity index (χ1n) is 8.28. The highest BCUT2D eigenvalue weighted by Gasteiger charge is 2.12. The van der Waals surface area contributed by atoms with E-state index in [0.29, 0.717) is 6.42 Å². The fourth-order valence-corrected chi connectivity index (χ4v) is 3.55. The molecule has 0 spiro atoms. The van der Waals surface area contributed by atoms with Crippen LogP contribution in [-0.4, -0.2) is 28.6 Å². The molecule has 134 valence electrons. The molecule has 0 aliphatic heterocycles. The standard InChI is InChI=1S/C20H26N2O2S/c1-16-5-7-18(8-6-16)13-14-25(23,24)21-17(2)15-19-9-11-20(12-10-19)22(3)4/h5-14,17,21H,15H2,1-4H3/b14-13+. The Morgan fingerprint density at radius 3 is 2.20 bits per heavy atom. The summed E-state index contributed by atoms with van der Waals surface area (Å²) < 4.78 is 27.1. The maximum atomic E-state index is 12.2. The summed E-state index contributed by atoms with van der Waals surface area (Å²) >= 11 is 0. The van der Waals surface area contributed by atoms with Gasteiger partial charge in [0.15, 0.2) is 0 Å². The van der Waals surface area contributed by atoms with Crippen molar-refractivity contribution in [2.75, 3.05) is 19.0 Å². The molecular weight excluding hydrogens is 332 g/mol. The number of hydrogen-bond acceptors (Lipinski definition) is 3. The molecule has 0 amide bonds. The lowest BCUT2D eigenvalue weighted by molar-refractivity contribution is 0.569. The maximum absolute atomic E-state index is 12.2. The van der Waals surface area contributed by atoms with Gasteiger partial charge in [-0.25, -0.2) is 13.1 Å². The van der Waals surface area contributed by atoms with Crippen molar-refractivity contribution in [3.8, 4) is 0 Å². The number of hydrogen-bond donors (Lipinski definition) is 1. The van der Waals surface area contributed by atoms with Crippen molar-refractivity contribution in [2.45, 2.75) is 26.3 Å². The van der Waals surface area contributed by atoms with E-state index >= 15 is 0 Å². The van der Waals surface area contributed by atoms with Crippen LogP contribution in [0.25, 0.3) is 6.08 Å². The van der Waals surface area contributed by atoms with Crippen molar-refractivity contribution in [2.24, 2.45) is 0 Å². The zero-order chi connectivity index (χ0) is 18.4. The van der Waals surface area contributed by atoms with Gasteiger partial charge in [-0.05, 0) is 49.6 Å². The Bertz CT molecular complexity index is 808. The molecule has 0 radical (unpaired) electrons. The number of anilines is 1. The second kappa shape index (κ2) is 8.32. The van der Waals surface area contributed by atoms with Gasteiger partial charge in [-0.3, -0.25) is 0 Å². The van der Waals surface area contributed by atoms with Crippen molar-refractivity contribution in [3.05, 3.63) is 70.6 Å². The van der Waals surface area contributed by atoms with E-state index in [-0.39, 0.29) is 6.04 Å². The van der Waals surface area contributed by atoms with Gasteiger partial charge in [0.05, 0.1) is 0 Å². The summed E-state index contributed by atoms with van der Waals surface area (Å²) in [6.45, 7) is 3.87. The van der Waals surface area contributed by atoms with Gasteiger partial charge in [-0.1, -0.05) is 42.0 Å². The Labute approximate surface area is 151 Å². The van der Waals surface area contributed by atoms with Crippen LogP contribution in [0.3, 0.4) is 0 Å². The van der Waals surface area contributed by atoms with Gasteiger partial charge >= 0.3 is 0 Å². The van der Waals surface area contributed by atoms with E-state index in [9.17, 15) is 8.42 Å². The fraction of sp³-hybridized carbons (Fsp3) is 0.300. The zero-order valence-electron chi connectivity index (χ0n) is 15.2. The van der Waals surface area contributed by atoms with Gasteiger partial charge in [0.25, 0.3) is 0 Å². The Kier molecular flexibility index (Phi) is 6.39. The minimum atomic E-state index is -3.47. The SMILES string of the molecule is Cc1ccc(/C=C/S(=O)(=O)NC(C)Cc2ccc(N(C)C)cc2)cc1. The van der Waals surface area contributed by atoms with Crippen LogP contribution in [0.2, 0.25) is 0 Å². The molecule has 0 bridgehead atoms. The molecule has 4 nitrogen and oxygen atoms in total. The summed E-state index contributed by atoms with van der Waals surface area (Å²) in [6, 6.07) is 15.7. The Morgan fingerprint density at radius 1 is 1.04 bits per heavy atom. The highest BCUT2D eigenvalue weighted by atomic mass is 32.2. The first kappa shape index (κ1) is 19.2. The van der Waals surface area contributed by atoms with E-state index in [0.717, 1.165) is 22.4 Å². The van der Waals surface area contributed by atoms with E-state index in [2.05, 4.69) is 4.72 Å². The van der Waals surface area contributed by atoms with Crippen LogP contribution in [0.5, 0.6) is 0 Å². The number of rotatable bonds is 7. The van der Waals surface area contributed by atoms with Crippen LogP contribution >= 0.6 is 0 Å². The maximum Gasteiger partial charge on any atom is 0.233 e. The van der Waals surface area contributed by atoms with Crippen LogP contribution in [0, 0.1) is 6.92 Å². The molecule has 1 N–H and O–H groups in total. The fourth-order valence-electron chi connectivity index (χ4n) is 2.49. The highest BCUT2D eigenvalue weighted by Crippen LogP contribution is 2.14. The molecule has 2 aromatic carbocycles. The van der Waals surface area contributed by atoms with Gasteiger partial charge in [0, 0.05) is 31.2 Å². The van der Waals surface area contributed by atoms with E-state index in [4.69, 9.17) is 0 Å². The van der Waals surface area contributed by atoms with Gasteiger partial charge in [-0.15, -0.1) is 0 Å². The Morgan fingerprint density at radius 2 is 1.64 bits per heavy atom. The third kappa shape index (κ3) is 6.36. The number of aryl methyl sites for hydroxylation is 1. The summed E-state index contributed by atoms with van der Waals surface area (Å²) in [5.74, 6) is 0. The molecule has 0 saturated heterocycles. The molecule has 0 aromatic heterocycles. The first-order valence-corrected chi connectivity index (χ1v) is 9.83. The molecule has 2 rings (SSSR count). The second-order valence-electron chi connectivity index (χ2n) is 6.54. The van der Waals surface area contributed by atoms with Crippen molar-refractivity contribution >= 4 is 21.8 Å². The third-order valence-corrected chi connectivity index (χ3v) is 5.10. The van der Waals surface area contributed by atoms with Crippen LogP contribution < -0.4 is 9.62 Å². The summed E-state index contributed by atoms with van der Waals surface area (Å²) in [4.78, 5) is 2.03. The average Bonchev–Trinajstić information content (AvgIpc) is 2.54. The molecule has 1 atom stereocenters. The number of benzene rings is 2. The van der Waals surface area contributed by atoms with Crippen LogP contribution in [0.4, 0.5) is 5.69 Å². The third-order valence-electron chi connectivity index (χ3n) is 3.88.